The third-order valence-corrected chi connectivity index (χ3v) is 7.12. The molecule has 1 aromatic heterocycles. The number of piperazine rings is 1. The van der Waals surface area contributed by atoms with Crippen LogP contribution < -0.4 is 5.46 Å². The number of aromatic nitrogens is 1. The van der Waals surface area contributed by atoms with Crippen molar-refractivity contribution in [1.29, 1.82) is 0 Å². The van der Waals surface area contributed by atoms with Gasteiger partial charge in [0.15, 0.2) is 0 Å². The van der Waals surface area contributed by atoms with Crippen molar-refractivity contribution in [1.82, 2.24) is 19.7 Å². The highest BCUT2D eigenvalue weighted by Gasteiger charge is 2.43. The first-order valence-electron chi connectivity index (χ1n) is 11.5. The number of benzene rings is 1. The van der Waals surface area contributed by atoms with Crippen molar-refractivity contribution in [2.45, 2.75) is 38.0 Å². The molecule has 4 rings (SSSR count). The average molecular weight is 438 g/mol. The molecule has 0 radical (unpaired) electrons. The molecular weight excluding hydrogens is 406 g/mol. The molecule has 8 heteroatoms. The summed E-state index contributed by atoms with van der Waals surface area (Å²) in [4.78, 5) is 23.7. The van der Waals surface area contributed by atoms with E-state index in [0.29, 0.717) is 39.0 Å². The van der Waals surface area contributed by atoms with E-state index in [-0.39, 0.29) is 17.8 Å². The van der Waals surface area contributed by atoms with E-state index in [4.69, 9.17) is 0 Å². The van der Waals surface area contributed by atoms with Crippen molar-refractivity contribution >= 4 is 19.2 Å². The molecule has 2 saturated heterocycles. The zero-order valence-corrected chi connectivity index (χ0v) is 19.0. The third kappa shape index (κ3) is 5.03. The fourth-order valence-corrected chi connectivity index (χ4v) is 4.83. The Labute approximate surface area is 190 Å². The maximum Gasteiger partial charge on any atom is 0.254 e. The summed E-state index contributed by atoms with van der Waals surface area (Å²) in [5.74, 6) is -0.345. The molecule has 2 aliphatic heterocycles. The summed E-state index contributed by atoms with van der Waals surface area (Å²) in [5.41, 5.74) is 1.99. The number of piperidine rings is 1. The van der Waals surface area contributed by atoms with Crippen LogP contribution >= 0.6 is 0 Å². The number of hydrogen-bond acceptors (Lipinski definition) is 5. The van der Waals surface area contributed by atoms with Crippen LogP contribution in [0.4, 0.5) is 4.39 Å². The summed E-state index contributed by atoms with van der Waals surface area (Å²) < 4.78 is 13.3. The summed E-state index contributed by atoms with van der Waals surface area (Å²) >= 11 is 0. The minimum Gasteiger partial charge on any atom is -0.380 e. The molecule has 1 unspecified atom stereocenters. The zero-order valence-electron chi connectivity index (χ0n) is 19.0. The first-order chi connectivity index (χ1) is 15.4. The summed E-state index contributed by atoms with van der Waals surface area (Å²) in [6.45, 7) is 7.01. The summed E-state index contributed by atoms with van der Waals surface area (Å²) in [5, 5.41) is 11.1. The lowest BCUT2D eigenvalue weighted by Crippen LogP contribution is -2.58. The molecule has 0 bridgehead atoms. The van der Waals surface area contributed by atoms with Crippen LogP contribution in [0.5, 0.6) is 0 Å². The van der Waals surface area contributed by atoms with Crippen LogP contribution in [-0.2, 0) is 11.3 Å². The minimum atomic E-state index is -1.27. The smallest absolute Gasteiger partial charge is 0.254 e. The van der Waals surface area contributed by atoms with Gasteiger partial charge < -0.3 is 10.0 Å². The predicted octanol–water partition coefficient (Wildman–Crippen LogP) is 0.711. The van der Waals surface area contributed by atoms with Crippen LogP contribution in [0.1, 0.15) is 36.9 Å². The largest absolute Gasteiger partial charge is 0.380 e. The van der Waals surface area contributed by atoms with Gasteiger partial charge in [-0.2, -0.15) is 0 Å². The number of pyridine rings is 1. The molecule has 2 aromatic rings. The summed E-state index contributed by atoms with van der Waals surface area (Å²) in [6.07, 6.45) is 4.51. The Kier molecular flexibility index (Phi) is 6.93. The van der Waals surface area contributed by atoms with Gasteiger partial charge in [0, 0.05) is 64.2 Å². The fraction of sp³-hybridized carbons (Fsp3) is 0.500. The van der Waals surface area contributed by atoms with E-state index >= 15 is 0 Å². The van der Waals surface area contributed by atoms with Crippen molar-refractivity contribution in [3.63, 3.8) is 0 Å². The second-order valence-electron chi connectivity index (χ2n) is 9.16. The Balaban J connectivity index is 1.28. The van der Waals surface area contributed by atoms with Crippen LogP contribution in [0, 0.1) is 5.82 Å². The SMILES string of the molecule is Bc1cc(F)ccc1CN1CCN(C(=O)C2(O)CCN(C(C)c3ccncc3)CC2)CC1. The van der Waals surface area contributed by atoms with E-state index in [0.717, 1.165) is 30.7 Å². The number of halogens is 1. The zero-order chi connectivity index (χ0) is 22.7. The standard InChI is InChI=1S/C24H32BFN4O2/c1-18(19-4-8-27-9-5-19)29-10-6-24(32,7-11-29)23(31)30-14-12-28(13-15-30)17-20-2-3-21(26)16-22(20)25/h2-5,8-9,16,18,32H,6-7,10-15,17,25H2,1H3. The van der Waals surface area contributed by atoms with Gasteiger partial charge >= 0.3 is 0 Å². The van der Waals surface area contributed by atoms with E-state index in [2.05, 4.69) is 21.7 Å². The van der Waals surface area contributed by atoms with Crippen molar-refractivity contribution in [3.05, 3.63) is 59.7 Å². The summed E-state index contributed by atoms with van der Waals surface area (Å²) in [6, 6.07) is 9.17. The number of rotatable bonds is 5. The third-order valence-electron chi connectivity index (χ3n) is 7.12. The van der Waals surface area contributed by atoms with Crippen LogP contribution in [0.2, 0.25) is 0 Å². The lowest BCUT2D eigenvalue weighted by atomic mass is 9.88. The van der Waals surface area contributed by atoms with E-state index in [9.17, 15) is 14.3 Å². The van der Waals surface area contributed by atoms with Gasteiger partial charge in [-0.3, -0.25) is 19.6 Å². The number of hydrogen-bond donors (Lipinski definition) is 1. The second-order valence-corrected chi connectivity index (χ2v) is 9.16. The number of carbonyl (C=O) groups is 1. The van der Waals surface area contributed by atoms with Gasteiger partial charge in [0.1, 0.15) is 19.3 Å². The first kappa shape index (κ1) is 22.9. The van der Waals surface area contributed by atoms with Gasteiger partial charge in [-0.05, 0) is 55.2 Å². The number of likely N-dealkylation sites (tertiary alicyclic amines) is 1. The van der Waals surface area contributed by atoms with Gasteiger partial charge in [-0.25, -0.2) is 4.39 Å². The van der Waals surface area contributed by atoms with Crippen LogP contribution in [0.25, 0.3) is 0 Å². The van der Waals surface area contributed by atoms with Crippen molar-refractivity contribution in [2.24, 2.45) is 0 Å². The Morgan fingerprint density at radius 1 is 1.12 bits per heavy atom. The van der Waals surface area contributed by atoms with Crippen molar-refractivity contribution < 1.29 is 14.3 Å². The molecule has 3 heterocycles. The predicted molar refractivity (Wildman–Crippen MR) is 125 cm³/mol. The molecule has 0 spiro atoms. The first-order valence-corrected chi connectivity index (χ1v) is 11.5. The van der Waals surface area contributed by atoms with E-state index < -0.39 is 5.60 Å². The molecular formula is C24H32BFN4O2. The highest BCUT2D eigenvalue weighted by Crippen LogP contribution is 2.30. The molecule has 1 N–H and O–H groups in total. The van der Waals surface area contributed by atoms with Gasteiger partial charge in [0.05, 0.1) is 0 Å². The second kappa shape index (κ2) is 9.69. The molecule has 2 fully saturated rings. The molecule has 6 nitrogen and oxygen atoms in total. The topological polar surface area (TPSA) is 59.9 Å². The van der Waals surface area contributed by atoms with Gasteiger partial charge in [-0.15, -0.1) is 0 Å². The molecule has 1 aromatic carbocycles. The molecule has 170 valence electrons. The van der Waals surface area contributed by atoms with Crippen LogP contribution in [0.15, 0.2) is 42.7 Å². The summed E-state index contributed by atoms with van der Waals surface area (Å²) in [7, 11) is 1.93. The van der Waals surface area contributed by atoms with Crippen molar-refractivity contribution in [3.8, 4) is 0 Å². The highest BCUT2D eigenvalue weighted by atomic mass is 19.1. The van der Waals surface area contributed by atoms with Crippen molar-refractivity contribution in [2.75, 3.05) is 39.3 Å². The lowest BCUT2D eigenvalue weighted by Gasteiger charge is -2.43. The molecule has 32 heavy (non-hydrogen) atoms. The fourth-order valence-electron chi connectivity index (χ4n) is 4.83. The maximum absolute atomic E-state index is 13.3. The van der Waals surface area contributed by atoms with Gasteiger partial charge in [0.2, 0.25) is 0 Å². The monoisotopic (exact) mass is 438 g/mol. The lowest BCUT2D eigenvalue weighted by molar-refractivity contribution is -0.158. The average Bonchev–Trinajstić information content (AvgIpc) is 2.81. The quantitative estimate of drug-likeness (QED) is 0.698. The molecule has 1 amide bonds. The van der Waals surface area contributed by atoms with E-state index in [1.165, 1.54) is 11.6 Å². The number of amides is 1. The molecule has 1 atom stereocenters. The number of aliphatic hydroxyl groups is 1. The maximum atomic E-state index is 13.3. The van der Waals surface area contributed by atoms with Gasteiger partial charge in [0.25, 0.3) is 5.91 Å². The van der Waals surface area contributed by atoms with E-state index in [1.807, 2.05) is 30.9 Å². The Morgan fingerprint density at radius 2 is 1.78 bits per heavy atom. The van der Waals surface area contributed by atoms with Gasteiger partial charge in [-0.1, -0.05) is 11.5 Å². The Hall–Kier alpha value is -2.29. The number of nitrogens with zero attached hydrogens (tertiary/aromatic N) is 4. The van der Waals surface area contributed by atoms with Crippen LogP contribution in [0.3, 0.4) is 0 Å². The normalized spacial score (nSPS) is 20.8. The molecule has 2 aliphatic rings. The Morgan fingerprint density at radius 3 is 2.41 bits per heavy atom. The molecule has 0 aliphatic carbocycles. The Bertz CT molecular complexity index is 929. The van der Waals surface area contributed by atoms with Crippen LogP contribution in [-0.4, -0.2) is 83.4 Å². The van der Waals surface area contributed by atoms with E-state index in [1.54, 1.807) is 18.5 Å². The molecule has 0 saturated carbocycles. The number of carbonyl (C=O) groups excluding carboxylic acids is 1. The minimum absolute atomic E-state index is 0.133. The highest BCUT2D eigenvalue weighted by molar-refractivity contribution is 6.33.